The molecule has 0 unspecified atom stereocenters. The fourth-order valence-corrected chi connectivity index (χ4v) is 3.58. The van der Waals surface area contributed by atoms with E-state index >= 15 is 0 Å². The molecule has 1 aromatic carbocycles. The molecule has 20 heavy (non-hydrogen) atoms. The third-order valence-corrected chi connectivity index (χ3v) is 4.47. The number of carbonyl (C=O) groups is 1. The zero-order valence-electron chi connectivity index (χ0n) is 11.9. The Labute approximate surface area is 120 Å². The molecular weight excluding hydrogens is 252 g/mol. The van der Waals surface area contributed by atoms with E-state index in [4.69, 9.17) is 4.74 Å². The Bertz CT molecular complexity index is 449. The summed E-state index contributed by atoms with van der Waals surface area (Å²) in [5.41, 5.74) is 1.02. The minimum absolute atomic E-state index is 0.285. The first kappa shape index (κ1) is 13.4. The average Bonchev–Trinajstić information content (AvgIpc) is 2.94. The Morgan fingerprint density at radius 1 is 1.25 bits per heavy atom. The van der Waals surface area contributed by atoms with Gasteiger partial charge in [0.2, 0.25) is 0 Å². The molecule has 1 aliphatic carbocycles. The number of nitrogens with one attached hydrogen (secondary N) is 1. The van der Waals surface area contributed by atoms with E-state index in [1.54, 1.807) is 0 Å². The van der Waals surface area contributed by atoms with Crippen LogP contribution in [0.5, 0.6) is 0 Å². The Morgan fingerprint density at radius 3 is 2.55 bits per heavy atom. The van der Waals surface area contributed by atoms with Crippen LogP contribution in [-0.2, 0) is 11.3 Å². The first-order chi connectivity index (χ1) is 9.70. The Kier molecular flexibility index (Phi) is 3.92. The van der Waals surface area contributed by atoms with Crippen LogP contribution >= 0.6 is 0 Å². The molecule has 4 nitrogen and oxygen atoms in total. The van der Waals surface area contributed by atoms with Crippen LogP contribution in [0, 0.1) is 11.8 Å². The monoisotopic (exact) mass is 274 g/mol. The maximum Gasteiger partial charge on any atom is 0.407 e. The summed E-state index contributed by atoms with van der Waals surface area (Å²) in [7, 11) is 2.18. The molecule has 2 aliphatic rings. The standard InChI is InChI=1S/C16H22N2O2/c1-18-9-13-7-15(8-14(13)10-18)17-16(19)20-11-12-5-3-2-4-6-12/h2-6,13-15H,7-11H2,1H3,(H,17,19)/t13-,14+,15-. The molecule has 1 aromatic rings. The maximum absolute atomic E-state index is 11.8. The van der Waals surface area contributed by atoms with Crippen LogP contribution in [0.2, 0.25) is 0 Å². The second kappa shape index (κ2) is 5.83. The average molecular weight is 274 g/mol. The van der Waals surface area contributed by atoms with Crippen molar-refractivity contribution < 1.29 is 9.53 Å². The normalized spacial score (nSPS) is 29.1. The van der Waals surface area contributed by atoms with Gasteiger partial charge in [-0.05, 0) is 37.3 Å². The lowest BCUT2D eigenvalue weighted by Crippen LogP contribution is -2.34. The summed E-state index contributed by atoms with van der Waals surface area (Å²) in [6.45, 7) is 2.68. The van der Waals surface area contributed by atoms with E-state index in [2.05, 4.69) is 17.3 Å². The van der Waals surface area contributed by atoms with Gasteiger partial charge in [0.25, 0.3) is 0 Å². The van der Waals surface area contributed by atoms with Crippen molar-refractivity contribution >= 4 is 6.09 Å². The lowest BCUT2D eigenvalue weighted by Gasteiger charge is -2.16. The van der Waals surface area contributed by atoms with Gasteiger partial charge >= 0.3 is 6.09 Å². The van der Waals surface area contributed by atoms with Crippen molar-refractivity contribution in [3.05, 3.63) is 35.9 Å². The van der Waals surface area contributed by atoms with E-state index in [9.17, 15) is 4.79 Å². The number of nitrogens with zero attached hydrogens (tertiary/aromatic N) is 1. The van der Waals surface area contributed by atoms with Crippen LogP contribution in [0.1, 0.15) is 18.4 Å². The summed E-state index contributed by atoms with van der Waals surface area (Å²) in [6, 6.07) is 10.1. The first-order valence-electron chi connectivity index (χ1n) is 7.36. The van der Waals surface area contributed by atoms with Gasteiger partial charge in [-0.1, -0.05) is 30.3 Å². The number of likely N-dealkylation sites (tertiary alicyclic amines) is 1. The zero-order valence-corrected chi connectivity index (χ0v) is 11.9. The highest BCUT2D eigenvalue weighted by Gasteiger charge is 2.40. The Morgan fingerprint density at radius 2 is 1.90 bits per heavy atom. The number of amides is 1. The smallest absolute Gasteiger partial charge is 0.407 e. The number of ether oxygens (including phenoxy) is 1. The fraction of sp³-hybridized carbons (Fsp3) is 0.562. The molecule has 1 heterocycles. The number of hydrogen-bond acceptors (Lipinski definition) is 3. The van der Waals surface area contributed by atoms with Crippen LogP contribution in [0.25, 0.3) is 0 Å². The summed E-state index contributed by atoms with van der Waals surface area (Å²) in [6.07, 6.45) is 1.90. The van der Waals surface area contributed by atoms with Gasteiger partial charge < -0.3 is 15.0 Å². The summed E-state index contributed by atoms with van der Waals surface area (Å²) in [4.78, 5) is 14.2. The molecule has 1 saturated carbocycles. The van der Waals surface area contributed by atoms with Gasteiger partial charge in [0.15, 0.2) is 0 Å². The van der Waals surface area contributed by atoms with Crippen LogP contribution in [-0.4, -0.2) is 37.2 Å². The van der Waals surface area contributed by atoms with E-state index in [0.717, 1.165) is 30.2 Å². The first-order valence-corrected chi connectivity index (χ1v) is 7.36. The molecule has 0 radical (unpaired) electrons. The largest absolute Gasteiger partial charge is 0.445 e. The third kappa shape index (κ3) is 3.12. The van der Waals surface area contributed by atoms with Crippen LogP contribution < -0.4 is 5.32 Å². The number of fused-ring (bicyclic) bond motifs is 1. The van der Waals surface area contributed by atoms with Crippen molar-refractivity contribution in [2.45, 2.75) is 25.5 Å². The molecule has 3 atom stereocenters. The van der Waals surface area contributed by atoms with Gasteiger partial charge in [0, 0.05) is 19.1 Å². The predicted molar refractivity (Wildman–Crippen MR) is 77.3 cm³/mol. The summed E-state index contributed by atoms with van der Waals surface area (Å²) in [5, 5.41) is 3.01. The number of hydrogen-bond donors (Lipinski definition) is 1. The van der Waals surface area contributed by atoms with Crippen LogP contribution in [0.15, 0.2) is 30.3 Å². The quantitative estimate of drug-likeness (QED) is 0.919. The summed E-state index contributed by atoms with van der Waals surface area (Å²) >= 11 is 0. The van der Waals surface area contributed by atoms with E-state index in [-0.39, 0.29) is 6.09 Å². The van der Waals surface area contributed by atoms with Crippen molar-refractivity contribution in [3.8, 4) is 0 Å². The molecule has 1 N–H and O–H groups in total. The van der Waals surface area contributed by atoms with E-state index in [1.165, 1.54) is 13.1 Å². The second-order valence-electron chi connectivity index (χ2n) is 6.12. The summed E-state index contributed by atoms with van der Waals surface area (Å²) in [5.74, 6) is 1.50. The van der Waals surface area contributed by atoms with Crippen LogP contribution in [0.3, 0.4) is 0 Å². The molecule has 108 valence electrons. The van der Waals surface area contributed by atoms with Gasteiger partial charge in [0.1, 0.15) is 6.61 Å². The van der Waals surface area contributed by atoms with E-state index in [1.807, 2.05) is 30.3 Å². The Balaban J connectivity index is 1.42. The zero-order chi connectivity index (χ0) is 13.9. The molecular formula is C16H22N2O2. The molecule has 0 aromatic heterocycles. The number of benzene rings is 1. The fourth-order valence-electron chi connectivity index (χ4n) is 3.58. The maximum atomic E-state index is 11.8. The van der Waals surface area contributed by atoms with Crippen molar-refractivity contribution in [3.63, 3.8) is 0 Å². The number of rotatable bonds is 3. The van der Waals surface area contributed by atoms with E-state index in [0.29, 0.717) is 12.6 Å². The highest BCUT2D eigenvalue weighted by atomic mass is 16.5. The highest BCUT2D eigenvalue weighted by Crippen LogP contribution is 2.37. The second-order valence-corrected chi connectivity index (χ2v) is 6.12. The van der Waals surface area contributed by atoms with Crippen molar-refractivity contribution in [2.24, 2.45) is 11.8 Å². The van der Waals surface area contributed by atoms with Crippen molar-refractivity contribution in [1.29, 1.82) is 0 Å². The SMILES string of the molecule is CN1C[C@H]2C[C@@H](NC(=O)OCc3ccccc3)C[C@H]2C1. The van der Waals surface area contributed by atoms with Gasteiger partial charge in [-0.25, -0.2) is 4.79 Å². The van der Waals surface area contributed by atoms with Crippen molar-refractivity contribution in [2.75, 3.05) is 20.1 Å². The van der Waals surface area contributed by atoms with Gasteiger partial charge in [0.05, 0.1) is 0 Å². The van der Waals surface area contributed by atoms with Gasteiger partial charge in [-0.3, -0.25) is 0 Å². The van der Waals surface area contributed by atoms with Crippen molar-refractivity contribution in [1.82, 2.24) is 10.2 Å². The summed E-state index contributed by atoms with van der Waals surface area (Å²) < 4.78 is 5.27. The molecule has 1 aliphatic heterocycles. The minimum Gasteiger partial charge on any atom is -0.445 e. The Hall–Kier alpha value is -1.55. The lowest BCUT2D eigenvalue weighted by atomic mass is 10.0. The van der Waals surface area contributed by atoms with E-state index < -0.39 is 0 Å². The number of carbonyl (C=O) groups excluding carboxylic acids is 1. The van der Waals surface area contributed by atoms with Crippen LogP contribution in [0.4, 0.5) is 4.79 Å². The topological polar surface area (TPSA) is 41.6 Å². The molecule has 0 spiro atoms. The van der Waals surface area contributed by atoms with Gasteiger partial charge in [-0.2, -0.15) is 0 Å². The molecule has 0 bridgehead atoms. The predicted octanol–water partition coefficient (Wildman–Crippen LogP) is 2.25. The number of alkyl carbamates (subject to hydrolysis) is 1. The molecule has 3 rings (SSSR count). The molecule has 1 amide bonds. The molecule has 2 fully saturated rings. The van der Waals surface area contributed by atoms with Gasteiger partial charge in [-0.15, -0.1) is 0 Å². The third-order valence-electron chi connectivity index (χ3n) is 4.47. The minimum atomic E-state index is -0.285. The molecule has 4 heteroatoms. The lowest BCUT2D eigenvalue weighted by molar-refractivity contribution is 0.135. The molecule has 1 saturated heterocycles. The highest BCUT2D eigenvalue weighted by molar-refractivity contribution is 5.67.